The molecule has 2 aromatic rings. The van der Waals surface area contributed by atoms with Crippen molar-refractivity contribution >= 4 is 11.8 Å². The van der Waals surface area contributed by atoms with Crippen LogP contribution >= 0.6 is 11.8 Å². The minimum atomic E-state index is 0.110. The molecule has 2 aromatic carbocycles. The molecule has 1 heterocycles. The molecule has 0 fully saturated rings. The van der Waals surface area contributed by atoms with Gasteiger partial charge in [0.15, 0.2) is 11.5 Å². The van der Waals surface area contributed by atoms with Gasteiger partial charge in [0.05, 0.1) is 25.2 Å². The maximum absolute atomic E-state index is 5.78. The van der Waals surface area contributed by atoms with Gasteiger partial charge in [-0.25, -0.2) is 0 Å². The minimum absolute atomic E-state index is 0.110. The molecule has 146 valence electrons. The van der Waals surface area contributed by atoms with Crippen LogP contribution < -0.4 is 14.8 Å². The summed E-state index contributed by atoms with van der Waals surface area (Å²) >= 11 is 1.90. The van der Waals surface area contributed by atoms with Crippen molar-refractivity contribution in [2.45, 2.75) is 56.0 Å². The topological polar surface area (TPSA) is 30.5 Å². The number of fused-ring (bicyclic) bond motifs is 1. The number of hydrogen-bond acceptors (Lipinski definition) is 4. The molecule has 0 aromatic heterocycles. The predicted molar refractivity (Wildman–Crippen MR) is 114 cm³/mol. The molecule has 3 rings (SSSR count). The summed E-state index contributed by atoms with van der Waals surface area (Å²) in [6.45, 7) is 4.57. The fourth-order valence-corrected chi connectivity index (χ4v) is 5.39. The predicted octanol–water partition coefficient (Wildman–Crippen LogP) is 5.83. The standard InChI is InChI=1S/C23H31NO2S/c1-5-7-15-23(6-2)16-27-22-18(13-14-19(25-3)21(22)26-4)20(24-23)17-11-9-8-10-12-17/h8-14,20,24H,5-7,15-16H2,1-4H3/t20-,23-/m0/s1. The average molecular weight is 386 g/mol. The number of unbranched alkanes of at least 4 members (excludes halogenated alkanes) is 1. The molecule has 1 aliphatic heterocycles. The Morgan fingerprint density at radius 1 is 1.07 bits per heavy atom. The van der Waals surface area contributed by atoms with E-state index < -0.39 is 0 Å². The van der Waals surface area contributed by atoms with Gasteiger partial charge in [0, 0.05) is 11.3 Å². The van der Waals surface area contributed by atoms with Crippen molar-refractivity contribution in [2.24, 2.45) is 0 Å². The van der Waals surface area contributed by atoms with Crippen LogP contribution in [0.1, 0.15) is 56.7 Å². The molecule has 2 atom stereocenters. The molecular weight excluding hydrogens is 354 g/mol. The average Bonchev–Trinajstić information content (AvgIpc) is 2.90. The highest BCUT2D eigenvalue weighted by atomic mass is 32.2. The van der Waals surface area contributed by atoms with Crippen molar-refractivity contribution in [1.29, 1.82) is 0 Å². The fraction of sp³-hybridized carbons (Fsp3) is 0.478. The third-order valence-electron chi connectivity index (χ3n) is 5.60. The lowest BCUT2D eigenvalue weighted by molar-refractivity contribution is 0.297. The molecule has 0 unspecified atom stereocenters. The highest BCUT2D eigenvalue weighted by Crippen LogP contribution is 2.48. The van der Waals surface area contributed by atoms with Gasteiger partial charge in [-0.3, -0.25) is 5.32 Å². The summed E-state index contributed by atoms with van der Waals surface area (Å²) in [4.78, 5) is 1.20. The van der Waals surface area contributed by atoms with E-state index in [1.54, 1.807) is 14.2 Å². The first-order valence-corrected chi connectivity index (χ1v) is 10.9. The third kappa shape index (κ3) is 4.12. The Hall–Kier alpha value is -1.65. The van der Waals surface area contributed by atoms with Crippen LogP contribution in [0.4, 0.5) is 0 Å². The van der Waals surface area contributed by atoms with E-state index in [2.05, 4.69) is 55.6 Å². The Morgan fingerprint density at radius 3 is 2.48 bits per heavy atom. The van der Waals surface area contributed by atoms with E-state index >= 15 is 0 Å². The number of ether oxygens (including phenoxy) is 2. The third-order valence-corrected chi connectivity index (χ3v) is 7.01. The van der Waals surface area contributed by atoms with Crippen LogP contribution in [0.2, 0.25) is 0 Å². The maximum atomic E-state index is 5.78. The van der Waals surface area contributed by atoms with Crippen LogP contribution in [0, 0.1) is 0 Å². The summed E-state index contributed by atoms with van der Waals surface area (Å²) in [5, 5.41) is 4.06. The number of benzene rings is 2. The van der Waals surface area contributed by atoms with Gasteiger partial charge < -0.3 is 9.47 Å². The molecule has 1 N–H and O–H groups in total. The number of methoxy groups -OCH3 is 2. The van der Waals surface area contributed by atoms with Gasteiger partial charge in [0.2, 0.25) is 0 Å². The van der Waals surface area contributed by atoms with E-state index in [1.807, 2.05) is 17.8 Å². The van der Waals surface area contributed by atoms with Crippen LogP contribution in [0.25, 0.3) is 0 Å². The zero-order valence-corrected chi connectivity index (χ0v) is 17.7. The zero-order valence-electron chi connectivity index (χ0n) is 16.9. The number of thioether (sulfide) groups is 1. The second-order valence-electron chi connectivity index (χ2n) is 7.23. The summed E-state index contributed by atoms with van der Waals surface area (Å²) in [5.41, 5.74) is 2.68. The summed E-state index contributed by atoms with van der Waals surface area (Å²) < 4.78 is 11.4. The van der Waals surface area contributed by atoms with Crippen LogP contribution in [-0.2, 0) is 0 Å². The number of nitrogens with one attached hydrogen (secondary N) is 1. The van der Waals surface area contributed by atoms with Crippen LogP contribution in [0.15, 0.2) is 47.4 Å². The molecule has 1 aliphatic rings. The summed E-state index contributed by atoms with van der Waals surface area (Å²) in [6.07, 6.45) is 4.74. The van der Waals surface area contributed by atoms with Gasteiger partial charge in [-0.15, -0.1) is 11.8 Å². The Labute approximate surface area is 167 Å². The van der Waals surface area contributed by atoms with Crippen LogP contribution in [-0.4, -0.2) is 25.5 Å². The van der Waals surface area contributed by atoms with E-state index in [0.29, 0.717) is 0 Å². The fourth-order valence-electron chi connectivity index (χ4n) is 3.87. The molecule has 0 bridgehead atoms. The van der Waals surface area contributed by atoms with Crippen molar-refractivity contribution in [1.82, 2.24) is 5.32 Å². The molecule has 0 saturated carbocycles. The molecule has 0 aliphatic carbocycles. The van der Waals surface area contributed by atoms with E-state index in [-0.39, 0.29) is 11.6 Å². The molecule has 0 radical (unpaired) electrons. The molecule has 3 nitrogen and oxygen atoms in total. The van der Waals surface area contributed by atoms with E-state index in [1.165, 1.54) is 35.3 Å². The van der Waals surface area contributed by atoms with Gasteiger partial charge in [-0.2, -0.15) is 0 Å². The molecule has 0 spiro atoms. The smallest absolute Gasteiger partial charge is 0.174 e. The lowest BCUT2D eigenvalue weighted by atomic mass is 9.88. The van der Waals surface area contributed by atoms with Crippen molar-refractivity contribution < 1.29 is 9.47 Å². The largest absolute Gasteiger partial charge is 0.493 e. The van der Waals surface area contributed by atoms with Crippen molar-refractivity contribution in [3.8, 4) is 11.5 Å². The first-order valence-electron chi connectivity index (χ1n) is 9.88. The highest BCUT2D eigenvalue weighted by molar-refractivity contribution is 7.99. The van der Waals surface area contributed by atoms with Crippen molar-refractivity contribution in [2.75, 3.05) is 20.0 Å². The second-order valence-corrected chi connectivity index (χ2v) is 8.22. The maximum Gasteiger partial charge on any atom is 0.174 e. The van der Waals surface area contributed by atoms with Gasteiger partial charge in [-0.05, 0) is 30.0 Å². The first kappa shape index (κ1) is 20.1. The van der Waals surface area contributed by atoms with E-state index in [4.69, 9.17) is 9.47 Å². The van der Waals surface area contributed by atoms with Gasteiger partial charge in [-0.1, -0.05) is 63.1 Å². The Balaban J connectivity index is 2.13. The normalized spacial score (nSPS) is 22.0. The second kappa shape index (κ2) is 9.03. The van der Waals surface area contributed by atoms with Crippen molar-refractivity contribution in [3.05, 3.63) is 53.6 Å². The SMILES string of the molecule is CCCC[C@@]1(CC)CSc2c(ccc(OC)c2OC)[C@H](c2ccccc2)N1. The zero-order chi connectivity index (χ0) is 19.3. The summed E-state index contributed by atoms with van der Waals surface area (Å²) in [6, 6.07) is 15.1. The lowest BCUT2D eigenvalue weighted by Crippen LogP contribution is -2.48. The lowest BCUT2D eigenvalue weighted by Gasteiger charge is -2.36. The van der Waals surface area contributed by atoms with Gasteiger partial charge in [0.1, 0.15) is 0 Å². The van der Waals surface area contributed by atoms with Crippen molar-refractivity contribution in [3.63, 3.8) is 0 Å². The Kier molecular flexibility index (Phi) is 6.72. The molecule has 4 heteroatoms. The first-order chi connectivity index (χ1) is 13.2. The van der Waals surface area contributed by atoms with Gasteiger partial charge >= 0.3 is 0 Å². The molecule has 0 amide bonds. The van der Waals surface area contributed by atoms with E-state index in [9.17, 15) is 0 Å². The number of hydrogen-bond donors (Lipinski definition) is 1. The number of rotatable bonds is 7. The molecule has 27 heavy (non-hydrogen) atoms. The van der Waals surface area contributed by atoms with Crippen LogP contribution in [0.5, 0.6) is 11.5 Å². The summed E-state index contributed by atoms with van der Waals surface area (Å²) in [5.74, 6) is 2.68. The Morgan fingerprint density at radius 2 is 1.85 bits per heavy atom. The highest BCUT2D eigenvalue weighted by Gasteiger charge is 2.37. The quantitative estimate of drug-likeness (QED) is 0.650. The monoisotopic (exact) mass is 385 g/mol. The molecule has 0 saturated heterocycles. The van der Waals surface area contributed by atoms with Crippen LogP contribution in [0.3, 0.4) is 0 Å². The Bertz CT molecular complexity index is 750. The summed E-state index contributed by atoms with van der Waals surface area (Å²) in [7, 11) is 3.44. The van der Waals surface area contributed by atoms with Gasteiger partial charge in [0.25, 0.3) is 0 Å². The molecular formula is C23H31NO2S. The minimum Gasteiger partial charge on any atom is -0.493 e. The van der Waals surface area contributed by atoms with E-state index in [0.717, 1.165) is 23.7 Å².